The Hall–Kier alpha value is -4.88. The smallest absolute Gasteiger partial charge is 0.345 e. The van der Waals surface area contributed by atoms with Crippen LogP contribution >= 0.6 is 11.3 Å². The normalized spacial score (nSPS) is 12.0. The van der Waals surface area contributed by atoms with E-state index < -0.39 is 24.6 Å². The SMILES string of the molecule is O=C(O)COc1ccc2c(c1)sc1cc3ccccc3c(-c3ccc(OC(Cc4ccccc4)C(=O)O)cc3)c12. The van der Waals surface area contributed by atoms with Crippen LogP contribution in [0, 0.1) is 0 Å². The minimum atomic E-state index is -1.02. The van der Waals surface area contributed by atoms with E-state index in [2.05, 4.69) is 18.2 Å². The van der Waals surface area contributed by atoms with E-state index in [1.54, 1.807) is 17.4 Å². The van der Waals surface area contributed by atoms with E-state index in [1.807, 2.05) is 78.9 Å². The molecule has 0 bridgehead atoms. The first-order chi connectivity index (χ1) is 19.5. The van der Waals surface area contributed by atoms with Gasteiger partial charge < -0.3 is 19.7 Å². The maximum Gasteiger partial charge on any atom is 0.345 e. The van der Waals surface area contributed by atoms with Crippen molar-refractivity contribution in [3.63, 3.8) is 0 Å². The number of hydrogen-bond donors (Lipinski definition) is 2. The molecule has 0 amide bonds. The zero-order valence-corrected chi connectivity index (χ0v) is 22.1. The summed E-state index contributed by atoms with van der Waals surface area (Å²) >= 11 is 1.63. The van der Waals surface area contributed by atoms with Gasteiger partial charge in [0, 0.05) is 26.6 Å². The minimum Gasteiger partial charge on any atom is -0.482 e. The molecule has 0 aliphatic rings. The second kappa shape index (κ2) is 10.7. The summed E-state index contributed by atoms with van der Waals surface area (Å²) in [6, 6.07) is 33.0. The Morgan fingerprint density at radius 3 is 2.23 bits per heavy atom. The van der Waals surface area contributed by atoms with Gasteiger partial charge in [-0.2, -0.15) is 0 Å². The second-order valence-electron chi connectivity index (χ2n) is 9.45. The van der Waals surface area contributed by atoms with E-state index in [0.717, 1.165) is 47.6 Å². The Bertz CT molecular complexity index is 1860. The highest BCUT2D eigenvalue weighted by Crippen LogP contribution is 2.45. The molecule has 198 valence electrons. The van der Waals surface area contributed by atoms with Gasteiger partial charge in [0.25, 0.3) is 0 Å². The van der Waals surface area contributed by atoms with Gasteiger partial charge in [-0.1, -0.05) is 66.7 Å². The fraction of sp³-hybridized carbons (Fsp3) is 0.0909. The van der Waals surface area contributed by atoms with Crippen LogP contribution in [0.25, 0.3) is 42.1 Å². The number of carboxylic acid groups (broad SMARTS) is 2. The molecule has 1 atom stereocenters. The fourth-order valence-corrected chi connectivity index (χ4v) is 6.18. The van der Waals surface area contributed by atoms with Crippen LogP contribution in [0.1, 0.15) is 5.56 Å². The summed E-state index contributed by atoms with van der Waals surface area (Å²) in [5.74, 6) is -1.04. The topological polar surface area (TPSA) is 93.1 Å². The quantitative estimate of drug-likeness (QED) is 0.195. The maximum absolute atomic E-state index is 11.9. The standard InChI is InChI=1S/C33H24O6S/c34-30(35)19-38-24-14-15-26-28(18-24)40-29-17-22-8-4-5-9-25(22)31(32(26)29)21-10-12-23(13-11-21)39-27(33(36)37)16-20-6-2-1-3-7-20/h1-15,17-18,27H,16,19H2,(H,34,35)(H,36,37). The maximum atomic E-state index is 11.9. The molecule has 0 aliphatic carbocycles. The molecule has 0 spiro atoms. The van der Waals surface area contributed by atoms with Crippen molar-refractivity contribution in [3.05, 3.63) is 109 Å². The van der Waals surface area contributed by atoms with Gasteiger partial charge in [-0.05, 0) is 63.9 Å². The van der Waals surface area contributed by atoms with Crippen molar-refractivity contribution in [1.29, 1.82) is 0 Å². The second-order valence-corrected chi connectivity index (χ2v) is 10.5. The molecule has 6 aromatic rings. The number of benzene rings is 5. The number of fused-ring (bicyclic) bond motifs is 4. The monoisotopic (exact) mass is 548 g/mol. The molecule has 5 aromatic carbocycles. The lowest BCUT2D eigenvalue weighted by Crippen LogP contribution is -2.29. The molecule has 7 heteroatoms. The highest BCUT2D eigenvalue weighted by atomic mass is 32.1. The third-order valence-corrected chi connectivity index (χ3v) is 7.88. The van der Waals surface area contributed by atoms with Crippen molar-refractivity contribution in [2.75, 3.05) is 6.61 Å². The summed E-state index contributed by atoms with van der Waals surface area (Å²) in [5.41, 5.74) is 2.95. The van der Waals surface area contributed by atoms with E-state index in [4.69, 9.17) is 14.6 Å². The number of hydrogen-bond acceptors (Lipinski definition) is 5. The lowest BCUT2D eigenvalue weighted by Gasteiger charge is -2.16. The molecule has 40 heavy (non-hydrogen) atoms. The van der Waals surface area contributed by atoms with Gasteiger partial charge in [0.05, 0.1) is 0 Å². The lowest BCUT2D eigenvalue weighted by molar-refractivity contribution is -0.145. The summed E-state index contributed by atoms with van der Waals surface area (Å²) in [6.45, 7) is -0.395. The number of thiophene rings is 1. The molecule has 1 aromatic heterocycles. The van der Waals surface area contributed by atoms with E-state index in [9.17, 15) is 14.7 Å². The average molecular weight is 549 g/mol. The molecule has 0 saturated heterocycles. The predicted octanol–water partition coefficient (Wildman–Crippen LogP) is 7.41. The van der Waals surface area contributed by atoms with Crippen LogP contribution in [0.5, 0.6) is 11.5 Å². The number of ether oxygens (including phenoxy) is 2. The molecule has 0 radical (unpaired) electrons. The van der Waals surface area contributed by atoms with E-state index >= 15 is 0 Å². The van der Waals surface area contributed by atoms with Gasteiger partial charge in [-0.15, -0.1) is 11.3 Å². The molecule has 0 saturated carbocycles. The van der Waals surface area contributed by atoms with E-state index in [1.165, 1.54) is 0 Å². The highest BCUT2D eigenvalue weighted by molar-refractivity contribution is 7.26. The summed E-state index contributed by atoms with van der Waals surface area (Å²) < 4.78 is 13.4. The van der Waals surface area contributed by atoms with Gasteiger partial charge in [0.15, 0.2) is 12.7 Å². The van der Waals surface area contributed by atoms with Gasteiger partial charge >= 0.3 is 11.9 Å². The molecule has 0 fully saturated rings. The lowest BCUT2D eigenvalue weighted by atomic mass is 9.93. The number of carbonyl (C=O) groups is 2. The van der Waals surface area contributed by atoms with Crippen LogP contribution in [-0.4, -0.2) is 34.9 Å². The van der Waals surface area contributed by atoms with Crippen LogP contribution in [0.2, 0.25) is 0 Å². The predicted molar refractivity (Wildman–Crippen MR) is 158 cm³/mol. The Morgan fingerprint density at radius 1 is 0.750 bits per heavy atom. The molecule has 2 N–H and O–H groups in total. The van der Waals surface area contributed by atoms with Crippen molar-refractivity contribution < 1.29 is 29.3 Å². The van der Waals surface area contributed by atoms with Crippen molar-refractivity contribution in [3.8, 4) is 22.6 Å². The van der Waals surface area contributed by atoms with Crippen molar-refractivity contribution >= 4 is 54.2 Å². The number of aliphatic carboxylic acids is 2. The number of rotatable bonds is 9. The van der Waals surface area contributed by atoms with E-state index in [0.29, 0.717) is 11.5 Å². The molecular weight excluding hydrogens is 524 g/mol. The fourth-order valence-electron chi connectivity index (χ4n) is 4.99. The molecule has 1 heterocycles. The first-order valence-electron chi connectivity index (χ1n) is 12.7. The highest BCUT2D eigenvalue weighted by Gasteiger charge is 2.21. The zero-order chi connectivity index (χ0) is 27.6. The molecule has 0 aliphatic heterocycles. The summed E-state index contributed by atoms with van der Waals surface area (Å²) in [6.07, 6.45) is -0.739. The summed E-state index contributed by atoms with van der Waals surface area (Å²) in [4.78, 5) is 22.9. The third-order valence-electron chi connectivity index (χ3n) is 6.78. The molecule has 1 unspecified atom stereocenters. The van der Waals surface area contributed by atoms with Gasteiger partial charge in [0.1, 0.15) is 11.5 Å². The third kappa shape index (κ3) is 5.07. The molecule has 6 nitrogen and oxygen atoms in total. The molecular formula is C33H24O6S. The Labute approximate surface area is 233 Å². The average Bonchev–Trinajstić information content (AvgIpc) is 3.32. The largest absolute Gasteiger partial charge is 0.482 e. The first-order valence-corrected chi connectivity index (χ1v) is 13.5. The van der Waals surface area contributed by atoms with Crippen LogP contribution in [0.15, 0.2) is 103 Å². The van der Waals surface area contributed by atoms with E-state index in [-0.39, 0.29) is 6.42 Å². The first kappa shape index (κ1) is 25.4. The van der Waals surface area contributed by atoms with Gasteiger partial charge in [0.2, 0.25) is 0 Å². The zero-order valence-electron chi connectivity index (χ0n) is 21.2. The summed E-state index contributed by atoms with van der Waals surface area (Å²) in [7, 11) is 0. The minimum absolute atomic E-state index is 0.265. The molecule has 6 rings (SSSR count). The van der Waals surface area contributed by atoms with Crippen LogP contribution in [-0.2, 0) is 16.0 Å². The van der Waals surface area contributed by atoms with Crippen molar-refractivity contribution in [2.45, 2.75) is 12.5 Å². The van der Waals surface area contributed by atoms with Crippen LogP contribution in [0.3, 0.4) is 0 Å². The summed E-state index contributed by atoms with van der Waals surface area (Å²) in [5, 5.41) is 23.1. The van der Waals surface area contributed by atoms with Crippen molar-refractivity contribution in [1.82, 2.24) is 0 Å². The Balaban J connectivity index is 1.40. The number of carboxylic acids is 2. The van der Waals surface area contributed by atoms with Crippen LogP contribution in [0.4, 0.5) is 0 Å². The van der Waals surface area contributed by atoms with Gasteiger partial charge in [-0.3, -0.25) is 0 Å². The Morgan fingerprint density at radius 2 is 1.48 bits per heavy atom. The van der Waals surface area contributed by atoms with Crippen molar-refractivity contribution in [2.24, 2.45) is 0 Å². The van der Waals surface area contributed by atoms with Crippen LogP contribution < -0.4 is 9.47 Å². The van der Waals surface area contributed by atoms with Gasteiger partial charge in [-0.25, -0.2) is 9.59 Å². The Kier molecular flexibility index (Phi) is 6.80.